The van der Waals surface area contributed by atoms with Gasteiger partial charge in [-0.15, -0.1) is 11.6 Å². The predicted molar refractivity (Wildman–Crippen MR) is 64.3 cm³/mol. The van der Waals surface area contributed by atoms with Gasteiger partial charge in [-0.1, -0.05) is 29.8 Å². The van der Waals surface area contributed by atoms with Crippen LogP contribution in [0.1, 0.15) is 5.56 Å². The van der Waals surface area contributed by atoms with E-state index in [9.17, 15) is 5.11 Å². The summed E-state index contributed by atoms with van der Waals surface area (Å²) in [5.74, 6) is 1.75. The molecule has 0 amide bonds. The minimum absolute atomic E-state index is 0.287. The van der Waals surface area contributed by atoms with Gasteiger partial charge in [0.1, 0.15) is 0 Å². The molecule has 14 heavy (non-hydrogen) atoms. The van der Waals surface area contributed by atoms with Crippen molar-refractivity contribution in [3.63, 3.8) is 0 Å². The molecule has 0 fully saturated rings. The van der Waals surface area contributed by atoms with Crippen molar-refractivity contribution in [2.45, 2.75) is 11.9 Å². The number of aliphatic hydroxyl groups is 1. The van der Waals surface area contributed by atoms with E-state index in [1.165, 1.54) is 0 Å². The zero-order chi connectivity index (χ0) is 10.4. The number of hydrogen-bond donors (Lipinski definition) is 1. The first-order valence-electron chi connectivity index (χ1n) is 4.29. The fourth-order valence-electron chi connectivity index (χ4n) is 0.965. The molecule has 0 aliphatic rings. The van der Waals surface area contributed by atoms with Gasteiger partial charge in [0.2, 0.25) is 0 Å². The summed E-state index contributed by atoms with van der Waals surface area (Å²) in [7, 11) is 0. The lowest BCUT2D eigenvalue weighted by Gasteiger charge is -2.06. The molecule has 0 aliphatic heterocycles. The van der Waals surface area contributed by atoms with Gasteiger partial charge in [0.25, 0.3) is 0 Å². The monoisotopic (exact) mass is 250 g/mol. The van der Waals surface area contributed by atoms with E-state index in [4.69, 9.17) is 23.2 Å². The average Bonchev–Trinajstić information content (AvgIpc) is 2.20. The number of thioether (sulfide) groups is 1. The zero-order valence-electron chi connectivity index (χ0n) is 7.62. The van der Waals surface area contributed by atoms with E-state index >= 15 is 0 Å². The van der Waals surface area contributed by atoms with Crippen LogP contribution in [0.2, 0.25) is 5.02 Å². The second-order valence-electron chi connectivity index (χ2n) is 2.91. The lowest BCUT2D eigenvalue weighted by molar-refractivity contribution is 0.223. The van der Waals surface area contributed by atoms with Crippen molar-refractivity contribution in [3.8, 4) is 0 Å². The van der Waals surface area contributed by atoms with Gasteiger partial charge in [-0.3, -0.25) is 0 Å². The summed E-state index contributed by atoms with van der Waals surface area (Å²) >= 11 is 13.1. The second-order valence-corrected chi connectivity index (χ2v) is 4.66. The molecule has 0 radical (unpaired) electrons. The van der Waals surface area contributed by atoms with E-state index < -0.39 is 6.10 Å². The van der Waals surface area contributed by atoms with Crippen LogP contribution in [0, 0.1) is 0 Å². The number of alkyl halides is 1. The highest BCUT2D eigenvalue weighted by Gasteiger charge is 2.03. The lowest BCUT2D eigenvalue weighted by atomic mass is 10.2. The number of benzene rings is 1. The number of hydrogen-bond acceptors (Lipinski definition) is 2. The summed E-state index contributed by atoms with van der Waals surface area (Å²) in [6.07, 6.45) is -0.427. The molecule has 0 aliphatic carbocycles. The van der Waals surface area contributed by atoms with Crippen LogP contribution in [0.5, 0.6) is 0 Å². The van der Waals surface area contributed by atoms with Crippen LogP contribution in [0.4, 0.5) is 0 Å². The summed E-state index contributed by atoms with van der Waals surface area (Å²) in [5, 5.41) is 10.00. The Morgan fingerprint density at radius 2 is 2.07 bits per heavy atom. The molecule has 1 atom stereocenters. The van der Waals surface area contributed by atoms with E-state index in [0.717, 1.165) is 16.3 Å². The average molecular weight is 251 g/mol. The summed E-state index contributed by atoms with van der Waals surface area (Å²) in [4.78, 5) is 0. The Balaban J connectivity index is 2.35. The highest BCUT2D eigenvalue weighted by Crippen LogP contribution is 2.21. The highest BCUT2D eigenvalue weighted by atomic mass is 35.5. The molecule has 0 heterocycles. The third kappa shape index (κ3) is 4.09. The largest absolute Gasteiger partial charge is 0.391 e. The summed E-state index contributed by atoms with van der Waals surface area (Å²) in [6, 6.07) is 7.72. The molecular weight excluding hydrogens is 239 g/mol. The van der Waals surface area contributed by atoms with Crippen LogP contribution >= 0.6 is 35.0 Å². The van der Waals surface area contributed by atoms with Gasteiger partial charge < -0.3 is 5.11 Å². The first-order valence-corrected chi connectivity index (χ1v) is 6.36. The molecule has 1 N–H and O–H groups in total. The van der Waals surface area contributed by atoms with Crippen molar-refractivity contribution in [2.24, 2.45) is 0 Å². The maximum absolute atomic E-state index is 9.22. The smallest absolute Gasteiger partial charge is 0.0765 e. The van der Waals surface area contributed by atoms with Crippen LogP contribution in [-0.2, 0) is 5.75 Å². The highest BCUT2D eigenvalue weighted by molar-refractivity contribution is 7.98. The van der Waals surface area contributed by atoms with Crippen molar-refractivity contribution in [1.29, 1.82) is 0 Å². The SMILES string of the molecule is OC(CCl)CSCc1ccccc1Cl. The van der Waals surface area contributed by atoms with E-state index in [-0.39, 0.29) is 5.88 Å². The molecule has 0 saturated heterocycles. The molecule has 78 valence electrons. The summed E-state index contributed by atoms with van der Waals surface area (Å²) in [5.41, 5.74) is 1.10. The first-order chi connectivity index (χ1) is 6.74. The quantitative estimate of drug-likeness (QED) is 0.811. The Bertz CT molecular complexity index is 281. The lowest BCUT2D eigenvalue weighted by Crippen LogP contribution is -2.11. The van der Waals surface area contributed by atoms with Crippen LogP contribution < -0.4 is 0 Å². The van der Waals surface area contributed by atoms with Gasteiger partial charge in [-0.05, 0) is 11.6 Å². The number of aliphatic hydroxyl groups excluding tert-OH is 1. The van der Waals surface area contributed by atoms with Crippen molar-refractivity contribution in [1.82, 2.24) is 0 Å². The molecule has 1 aromatic rings. The first kappa shape index (κ1) is 12.2. The maximum Gasteiger partial charge on any atom is 0.0765 e. The van der Waals surface area contributed by atoms with Gasteiger partial charge in [0.05, 0.1) is 6.10 Å². The van der Waals surface area contributed by atoms with E-state index in [2.05, 4.69) is 0 Å². The second kappa shape index (κ2) is 6.57. The Morgan fingerprint density at radius 1 is 1.36 bits per heavy atom. The molecule has 4 heteroatoms. The Labute approximate surface area is 98.4 Å². The van der Waals surface area contributed by atoms with Gasteiger partial charge in [0, 0.05) is 22.4 Å². The molecule has 1 rings (SSSR count). The molecular formula is C10H12Cl2OS. The van der Waals surface area contributed by atoms with Gasteiger partial charge in [-0.2, -0.15) is 11.8 Å². The van der Waals surface area contributed by atoms with E-state index in [0.29, 0.717) is 5.75 Å². The number of halogens is 2. The predicted octanol–water partition coefficient (Wildman–Crippen LogP) is 3.17. The normalized spacial score (nSPS) is 12.8. The fraction of sp³-hybridized carbons (Fsp3) is 0.400. The van der Waals surface area contributed by atoms with Crippen LogP contribution in [0.15, 0.2) is 24.3 Å². The Morgan fingerprint density at radius 3 is 2.71 bits per heavy atom. The third-order valence-electron chi connectivity index (χ3n) is 1.70. The molecule has 0 saturated carbocycles. The third-order valence-corrected chi connectivity index (χ3v) is 3.56. The van der Waals surface area contributed by atoms with Gasteiger partial charge in [0.15, 0.2) is 0 Å². The van der Waals surface area contributed by atoms with Gasteiger partial charge in [-0.25, -0.2) is 0 Å². The van der Waals surface area contributed by atoms with Crippen LogP contribution in [0.25, 0.3) is 0 Å². The van der Waals surface area contributed by atoms with Crippen LogP contribution in [-0.4, -0.2) is 22.8 Å². The molecule has 1 aromatic carbocycles. The summed E-state index contributed by atoms with van der Waals surface area (Å²) in [6.45, 7) is 0. The zero-order valence-corrected chi connectivity index (χ0v) is 9.95. The van der Waals surface area contributed by atoms with Gasteiger partial charge >= 0.3 is 0 Å². The Hall–Kier alpha value is 0.110. The van der Waals surface area contributed by atoms with E-state index in [1.807, 2.05) is 24.3 Å². The minimum atomic E-state index is -0.427. The Kier molecular flexibility index (Phi) is 5.71. The van der Waals surface area contributed by atoms with Crippen LogP contribution in [0.3, 0.4) is 0 Å². The van der Waals surface area contributed by atoms with Crippen molar-refractivity contribution >= 4 is 35.0 Å². The van der Waals surface area contributed by atoms with E-state index in [1.54, 1.807) is 11.8 Å². The standard InChI is InChI=1S/C10H12Cl2OS/c11-5-9(13)7-14-6-8-3-1-2-4-10(8)12/h1-4,9,13H,5-7H2. The minimum Gasteiger partial charge on any atom is -0.391 e. The molecule has 0 spiro atoms. The van der Waals surface area contributed by atoms with Crippen molar-refractivity contribution < 1.29 is 5.11 Å². The fourth-order valence-corrected chi connectivity index (χ4v) is 2.46. The molecule has 0 bridgehead atoms. The topological polar surface area (TPSA) is 20.2 Å². The number of rotatable bonds is 5. The van der Waals surface area contributed by atoms with Crippen molar-refractivity contribution in [3.05, 3.63) is 34.9 Å². The maximum atomic E-state index is 9.22. The molecule has 1 nitrogen and oxygen atoms in total. The molecule has 0 aromatic heterocycles. The summed E-state index contributed by atoms with van der Waals surface area (Å²) < 4.78 is 0. The molecule has 1 unspecified atom stereocenters. The van der Waals surface area contributed by atoms with Crippen molar-refractivity contribution in [2.75, 3.05) is 11.6 Å².